The summed E-state index contributed by atoms with van der Waals surface area (Å²) in [5.41, 5.74) is 6.14. The van der Waals surface area contributed by atoms with Crippen molar-refractivity contribution < 1.29 is 4.79 Å². The maximum absolute atomic E-state index is 12.4. The Kier molecular flexibility index (Phi) is 6.45. The lowest BCUT2D eigenvalue weighted by molar-refractivity contribution is -0.120. The summed E-state index contributed by atoms with van der Waals surface area (Å²) in [6, 6.07) is 14.7. The summed E-state index contributed by atoms with van der Waals surface area (Å²) in [4.78, 5) is 14.9. The Hall–Kier alpha value is -2.13. The van der Waals surface area contributed by atoms with Gasteiger partial charge in [-0.05, 0) is 67.6 Å². The molecular formula is C23H30N2O. The summed E-state index contributed by atoms with van der Waals surface area (Å²) in [6.45, 7) is 8.16. The molecule has 1 heterocycles. The molecule has 3 rings (SSSR count). The highest BCUT2D eigenvalue weighted by Gasteiger charge is 2.13. The zero-order valence-corrected chi connectivity index (χ0v) is 16.1. The highest BCUT2D eigenvalue weighted by atomic mass is 16.1. The number of hydrogen-bond acceptors (Lipinski definition) is 2. The number of nitrogens with zero attached hydrogens (tertiary/aromatic N) is 1. The van der Waals surface area contributed by atoms with Gasteiger partial charge in [0.25, 0.3) is 0 Å². The molecular weight excluding hydrogens is 320 g/mol. The number of benzene rings is 2. The number of aryl methyl sites for hydroxylation is 2. The van der Waals surface area contributed by atoms with Crippen LogP contribution in [0.5, 0.6) is 0 Å². The van der Waals surface area contributed by atoms with Crippen LogP contribution in [-0.2, 0) is 24.3 Å². The lowest BCUT2D eigenvalue weighted by Crippen LogP contribution is -2.30. The van der Waals surface area contributed by atoms with Crippen LogP contribution >= 0.6 is 0 Å². The smallest absolute Gasteiger partial charge is 0.224 e. The molecule has 0 radical (unpaired) electrons. The third-order valence-corrected chi connectivity index (χ3v) is 5.37. The number of likely N-dealkylation sites (tertiary alicyclic amines) is 1. The molecule has 1 aliphatic heterocycles. The Bertz CT molecular complexity index is 748. The van der Waals surface area contributed by atoms with Crippen molar-refractivity contribution >= 4 is 5.91 Å². The van der Waals surface area contributed by atoms with E-state index >= 15 is 0 Å². The first-order valence-corrected chi connectivity index (χ1v) is 9.74. The van der Waals surface area contributed by atoms with Crippen molar-refractivity contribution in [2.75, 3.05) is 13.1 Å². The van der Waals surface area contributed by atoms with E-state index in [2.05, 4.69) is 60.5 Å². The van der Waals surface area contributed by atoms with E-state index in [-0.39, 0.29) is 5.91 Å². The molecule has 138 valence electrons. The van der Waals surface area contributed by atoms with E-state index in [9.17, 15) is 4.79 Å². The maximum atomic E-state index is 12.4. The summed E-state index contributed by atoms with van der Waals surface area (Å²) >= 11 is 0. The molecule has 1 amide bonds. The molecule has 1 N–H and O–H groups in total. The van der Waals surface area contributed by atoms with E-state index in [4.69, 9.17) is 0 Å². The SMILES string of the molecule is Cc1ccc(CC(=O)NCc2ccccc2CN2CCCCC2)cc1C. The number of rotatable bonds is 6. The van der Waals surface area contributed by atoms with Gasteiger partial charge in [-0.1, -0.05) is 48.9 Å². The molecule has 26 heavy (non-hydrogen) atoms. The quantitative estimate of drug-likeness (QED) is 0.849. The second-order valence-electron chi connectivity index (χ2n) is 7.48. The van der Waals surface area contributed by atoms with E-state index in [1.807, 2.05) is 6.07 Å². The van der Waals surface area contributed by atoms with Crippen LogP contribution in [0, 0.1) is 13.8 Å². The van der Waals surface area contributed by atoms with Gasteiger partial charge in [-0.3, -0.25) is 9.69 Å². The third-order valence-electron chi connectivity index (χ3n) is 5.37. The van der Waals surface area contributed by atoms with Gasteiger partial charge >= 0.3 is 0 Å². The van der Waals surface area contributed by atoms with Crippen molar-refractivity contribution in [2.24, 2.45) is 0 Å². The fraction of sp³-hybridized carbons (Fsp3) is 0.435. The maximum Gasteiger partial charge on any atom is 0.224 e. The topological polar surface area (TPSA) is 32.3 Å². The number of hydrogen-bond donors (Lipinski definition) is 1. The van der Waals surface area contributed by atoms with Gasteiger partial charge in [0, 0.05) is 13.1 Å². The van der Waals surface area contributed by atoms with Gasteiger partial charge < -0.3 is 5.32 Å². The molecule has 1 fully saturated rings. The molecule has 0 spiro atoms. The molecule has 1 aliphatic rings. The van der Waals surface area contributed by atoms with Crippen LogP contribution in [0.2, 0.25) is 0 Å². The summed E-state index contributed by atoms with van der Waals surface area (Å²) in [6.07, 6.45) is 4.39. The van der Waals surface area contributed by atoms with Gasteiger partial charge in [-0.2, -0.15) is 0 Å². The fourth-order valence-electron chi connectivity index (χ4n) is 3.60. The number of piperidine rings is 1. The molecule has 0 unspecified atom stereocenters. The van der Waals surface area contributed by atoms with E-state index < -0.39 is 0 Å². The Morgan fingerprint density at radius 3 is 2.42 bits per heavy atom. The predicted octanol–water partition coefficient (Wildman–Crippen LogP) is 4.15. The zero-order chi connectivity index (χ0) is 18.4. The highest BCUT2D eigenvalue weighted by molar-refractivity contribution is 5.78. The predicted molar refractivity (Wildman–Crippen MR) is 107 cm³/mol. The van der Waals surface area contributed by atoms with Crippen LogP contribution < -0.4 is 5.32 Å². The average molecular weight is 351 g/mol. The van der Waals surface area contributed by atoms with Gasteiger partial charge in [0.05, 0.1) is 6.42 Å². The van der Waals surface area contributed by atoms with Gasteiger partial charge in [0.2, 0.25) is 5.91 Å². The monoisotopic (exact) mass is 350 g/mol. The van der Waals surface area contributed by atoms with Gasteiger partial charge in [-0.15, -0.1) is 0 Å². The Labute approximate surface area is 157 Å². The molecule has 0 aromatic heterocycles. The summed E-state index contributed by atoms with van der Waals surface area (Å²) in [5.74, 6) is 0.0843. The standard InChI is InChI=1S/C23H30N2O/c1-18-10-11-20(14-19(18)2)15-23(26)24-16-21-8-4-5-9-22(21)17-25-12-6-3-7-13-25/h4-5,8-11,14H,3,6-7,12-13,15-17H2,1-2H3,(H,24,26). The molecule has 2 aromatic carbocycles. The number of nitrogens with one attached hydrogen (secondary N) is 1. The molecule has 3 nitrogen and oxygen atoms in total. The van der Waals surface area contributed by atoms with E-state index in [1.165, 1.54) is 54.6 Å². The van der Waals surface area contributed by atoms with E-state index in [0.717, 1.165) is 12.1 Å². The molecule has 0 aliphatic carbocycles. The minimum atomic E-state index is 0.0843. The Morgan fingerprint density at radius 1 is 0.962 bits per heavy atom. The highest BCUT2D eigenvalue weighted by Crippen LogP contribution is 2.16. The summed E-state index contributed by atoms with van der Waals surface area (Å²) in [5, 5.41) is 3.10. The van der Waals surface area contributed by atoms with Gasteiger partial charge in [0.1, 0.15) is 0 Å². The minimum Gasteiger partial charge on any atom is -0.352 e. The largest absolute Gasteiger partial charge is 0.352 e. The van der Waals surface area contributed by atoms with Crippen LogP contribution in [0.1, 0.15) is 47.1 Å². The number of carbonyl (C=O) groups is 1. The molecule has 0 bridgehead atoms. The summed E-state index contributed by atoms with van der Waals surface area (Å²) < 4.78 is 0. The fourth-order valence-corrected chi connectivity index (χ4v) is 3.60. The van der Waals surface area contributed by atoms with Crippen molar-refractivity contribution in [2.45, 2.75) is 52.6 Å². The second kappa shape index (κ2) is 9.00. The van der Waals surface area contributed by atoms with E-state index in [1.54, 1.807) is 0 Å². The van der Waals surface area contributed by atoms with Gasteiger partial charge in [0.15, 0.2) is 0 Å². The van der Waals surface area contributed by atoms with Crippen LogP contribution in [0.3, 0.4) is 0 Å². The van der Waals surface area contributed by atoms with Crippen molar-refractivity contribution in [1.82, 2.24) is 10.2 Å². The van der Waals surface area contributed by atoms with Crippen molar-refractivity contribution in [3.63, 3.8) is 0 Å². The molecule has 1 saturated heterocycles. The van der Waals surface area contributed by atoms with Crippen LogP contribution in [0.15, 0.2) is 42.5 Å². The average Bonchev–Trinajstić information content (AvgIpc) is 2.65. The third kappa shape index (κ3) is 5.18. The Balaban J connectivity index is 1.56. The summed E-state index contributed by atoms with van der Waals surface area (Å²) in [7, 11) is 0. The zero-order valence-electron chi connectivity index (χ0n) is 16.1. The van der Waals surface area contributed by atoms with Crippen molar-refractivity contribution in [1.29, 1.82) is 0 Å². The van der Waals surface area contributed by atoms with Crippen molar-refractivity contribution in [3.8, 4) is 0 Å². The number of amides is 1. The second-order valence-corrected chi connectivity index (χ2v) is 7.48. The molecule has 0 atom stereocenters. The Morgan fingerprint density at radius 2 is 1.69 bits per heavy atom. The molecule has 2 aromatic rings. The van der Waals surface area contributed by atoms with E-state index in [0.29, 0.717) is 13.0 Å². The van der Waals surface area contributed by atoms with Crippen LogP contribution in [0.4, 0.5) is 0 Å². The van der Waals surface area contributed by atoms with Crippen LogP contribution in [0.25, 0.3) is 0 Å². The first-order valence-electron chi connectivity index (χ1n) is 9.74. The lowest BCUT2D eigenvalue weighted by atomic mass is 10.0. The normalized spacial score (nSPS) is 15.0. The first kappa shape index (κ1) is 18.7. The molecule has 0 saturated carbocycles. The van der Waals surface area contributed by atoms with Crippen molar-refractivity contribution in [3.05, 3.63) is 70.3 Å². The molecule has 3 heteroatoms. The lowest BCUT2D eigenvalue weighted by Gasteiger charge is -2.27. The first-order chi connectivity index (χ1) is 12.6. The van der Waals surface area contributed by atoms with Gasteiger partial charge in [-0.25, -0.2) is 0 Å². The van der Waals surface area contributed by atoms with Crippen LogP contribution in [-0.4, -0.2) is 23.9 Å². The number of carbonyl (C=O) groups excluding carboxylic acids is 1. The minimum absolute atomic E-state index is 0.0843.